The van der Waals surface area contributed by atoms with Gasteiger partial charge in [0.15, 0.2) is 11.3 Å². The van der Waals surface area contributed by atoms with Crippen molar-refractivity contribution < 1.29 is 77.2 Å². The molecular formula is C24H48Cl2N16O2Pt2. The third kappa shape index (κ3) is 20.3. The molecule has 18 nitrogen and oxygen atoms in total. The van der Waals surface area contributed by atoms with Gasteiger partial charge in [0.1, 0.15) is 11.0 Å². The molecule has 0 bridgehead atoms. The van der Waals surface area contributed by atoms with Gasteiger partial charge in [-0.15, -0.1) is 0 Å². The molecule has 4 heterocycles. The molecule has 4 rings (SSSR count). The molecule has 0 saturated carbocycles. The van der Waals surface area contributed by atoms with E-state index in [-0.39, 0.29) is 89.9 Å². The van der Waals surface area contributed by atoms with Gasteiger partial charge in [0.05, 0.1) is 12.7 Å². The predicted molar refractivity (Wildman–Crippen MR) is 163 cm³/mol. The maximum Gasteiger partial charge on any atom is 2.00 e. The number of anilines is 2. The van der Waals surface area contributed by atoms with E-state index in [0.29, 0.717) is 50.6 Å². The van der Waals surface area contributed by atoms with Crippen LogP contribution in [-0.2, 0) is 55.2 Å². The summed E-state index contributed by atoms with van der Waals surface area (Å²) in [4.78, 5) is 22.6. The van der Waals surface area contributed by atoms with Crippen LogP contribution in [-0.4, -0.2) is 78.3 Å². The Morgan fingerprint density at radius 2 is 0.848 bits per heavy atom. The maximum atomic E-state index is 11.2. The smallest absolute Gasteiger partial charge is 1.00 e. The fourth-order valence-corrected chi connectivity index (χ4v) is 2.97. The van der Waals surface area contributed by atoms with Gasteiger partial charge in [-0.1, -0.05) is 12.8 Å². The first-order valence-corrected chi connectivity index (χ1v) is 13.7. The molecular weight excluding hydrogens is 1010 g/mol. The topological polar surface area (TPSA) is 341 Å². The van der Waals surface area contributed by atoms with Crippen molar-refractivity contribution in [2.45, 2.75) is 52.6 Å². The van der Waals surface area contributed by atoms with Crippen LogP contribution in [0.4, 0.5) is 11.9 Å². The molecule has 0 atom stereocenters. The number of unbranched alkanes of at least 4 members (excludes halogenated alkanes) is 3. The van der Waals surface area contributed by atoms with Crippen molar-refractivity contribution >= 4 is 34.2 Å². The molecule has 46 heavy (non-hydrogen) atoms. The van der Waals surface area contributed by atoms with Crippen LogP contribution in [0.2, 0.25) is 0 Å². The first-order chi connectivity index (χ1) is 20.2. The Morgan fingerprint density at radius 3 is 1.09 bits per heavy atom. The summed E-state index contributed by atoms with van der Waals surface area (Å²) < 4.78 is 3.49. The zero-order valence-corrected chi connectivity index (χ0v) is 32.1. The van der Waals surface area contributed by atoms with Crippen LogP contribution in [0.5, 0.6) is 11.8 Å². The summed E-state index contributed by atoms with van der Waals surface area (Å²) in [5, 5.41) is 22.4. The van der Waals surface area contributed by atoms with Crippen molar-refractivity contribution in [3.05, 3.63) is 12.7 Å². The number of aromatic nitrogens is 8. The van der Waals surface area contributed by atoms with Crippen molar-refractivity contribution in [3.8, 4) is 11.8 Å². The maximum absolute atomic E-state index is 11.2. The van der Waals surface area contributed by atoms with Gasteiger partial charge in [-0.25, -0.2) is 19.9 Å². The summed E-state index contributed by atoms with van der Waals surface area (Å²) in [7, 11) is 0. The summed E-state index contributed by atoms with van der Waals surface area (Å²) >= 11 is 0. The van der Waals surface area contributed by atoms with E-state index < -0.39 is 11.8 Å². The number of halogens is 2. The van der Waals surface area contributed by atoms with Crippen LogP contribution in [0.15, 0.2) is 12.7 Å². The quantitative estimate of drug-likeness (QED) is 0.0722. The molecule has 0 aliphatic heterocycles. The number of fused-ring (bicyclic) bond motifs is 2. The number of imidazole rings is 2. The third-order valence-electron chi connectivity index (χ3n) is 5.07. The van der Waals surface area contributed by atoms with Gasteiger partial charge in [0.2, 0.25) is 11.9 Å². The molecule has 0 aliphatic carbocycles. The van der Waals surface area contributed by atoms with E-state index in [1.807, 2.05) is 13.8 Å². The summed E-state index contributed by atoms with van der Waals surface area (Å²) in [6, 6.07) is 0. The molecule has 4 aromatic heterocycles. The van der Waals surface area contributed by atoms with Crippen molar-refractivity contribution in [2.24, 2.45) is 34.4 Å². The number of nitrogens with two attached hydrogens (primary N) is 8. The van der Waals surface area contributed by atoms with E-state index in [4.69, 9.17) is 45.9 Å². The van der Waals surface area contributed by atoms with Crippen LogP contribution < -0.4 is 80.9 Å². The Balaban J connectivity index is -0.000000161. The van der Waals surface area contributed by atoms with Crippen molar-refractivity contribution in [1.29, 1.82) is 0 Å². The molecule has 0 aromatic carbocycles. The van der Waals surface area contributed by atoms with Gasteiger partial charge in [0, 0.05) is 51.0 Å². The van der Waals surface area contributed by atoms with Gasteiger partial charge in [0.25, 0.3) is 0 Å². The largest absolute Gasteiger partial charge is 2.00 e. The van der Waals surface area contributed by atoms with Crippen LogP contribution in [0.1, 0.15) is 39.5 Å². The number of hydrogen-bond donors (Lipinski definition) is 8. The van der Waals surface area contributed by atoms with Crippen LogP contribution in [0.25, 0.3) is 22.3 Å². The van der Waals surface area contributed by atoms with Crippen LogP contribution in [0, 0.1) is 0 Å². The van der Waals surface area contributed by atoms with E-state index >= 15 is 0 Å². The number of hydrogen-bond acceptors (Lipinski definition) is 16. The Hall–Kier alpha value is -1.98. The third-order valence-corrected chi connectivity index (χ3v) is 5.07. The summed E-state index contributed by atoms with van der Waals surface area (Å²) in [5.41, 5.74) is 42.4. The van der Waals surface area contributed by atoms with Gasteiger partial charge in [-0.2, -0.15) is 9.97 Å². The average Bonchev–Trinajstić information content (AvgIpc) is 3.60. The normalized spacial score (nSPS) is 9.13. The Kier molecular flexibility index (Phi) is 38.3. The number of rotatable bonds is 9. The molecule has 16 N–H and O–H groups in total. The van der Waals surface area contributed by atoms with Gasteiger partial charge < -0.3 is 90.0 Å². The second-order valence-electron chi connectivity index (χ2n) is 8.33. The minimum atomic E-state index is -0.422. The molecule has 0 amide bonds. The molecule has 0 unspecified atom stereocenters. The van der Waals surface area contributed by atoms with Crippen molar-refractivity contribution in [3.63, 3.8) is 0 Å². The van der Waals surface area contributed by atoms with Gasteiger partial charge in [-0.05, 0) is 39.8 Å². The molecule has 22 heteroatoms. The Labute approximate surface area is 311 Å². The summed E-state index contributed by atoms with van der Waals surface area (Å²) in [6.07, 6.45) is 7.90. The van der Waals surface area contributed by atoms with E-state index in [1.54, 1.807) is 21.8 Å². The molecule has 270 valence electrons. The van der Waals surface area contributed by atoms with Crippen molar-refractivity contribution in [2.75, 3.05) is 50.7 Å². The summed E-state index contributed by atoms with van der Waals surface area (Å²) in [6.45, 7) is 9.31. The monoisotopic (exact) mass is 1050 g/mol. The average molecular weight is 1050 g/mol. The number of nitrogen functional groups attached to an aromatic ring is 2. The van der Waals surface area contributed by atoms with Gasteiger partial charge >= 0.3 is 42.1 Å². The fourth-order valence-electron chi connectivity index (χ4n) is 2.97. The summed E-state index contributed by atoms with van der Waals surface area (Å²) in [5.74, 6) is -0.857. The Bertz CT molecular complexity index is 1170. The minimum absolute atomic E-state index is 0. The zero-order chi connectivity index (χ0) is 31.9. The number of aryl methyl sites for hydroxylation is 2. The molecule has 0 saturated heterocycles. The molecule has 4 aromatic rings. The SMILES string of the molecule is CCn1cnc2c([O-])nc(N)nc21.CCn1cnc2c([O-])nc(N)nc21.NCCCCCCN.NCCN.NCCN.[Cl-].[Cl-].[Pt+2].[Pt+2]. The number of nitrogens with zero attached hydrogens (tertiary/aromatic N) is 8. The standard InChI is InChI=1S/2C7H9N5O.C6H16N2.2C2H8N2.2ClH.2Pt/c2*1-2-12-3-9-4-5(12)10-7(8)11-6(4)13;7-5-3-1-2-4-6-8;2*3-1-2-4;;;;/h2*3H,2H2,1H3,(H3,8,10,11,13);1-8H2;2*1-4H2;2*1H;;/q;;;;;;;2*+2/p-4. The molecule has 0 aliphatic rings. The van der Waals surface area contributed by atoms with E-state index in [9.17, 15) is 10.2 Å². The van der Waals surface area contributed by atoms with Crippen LogP contribution in [0.3, 0.4) is 0 Å². The predicted octanol–water partition coefficient (Wildman–Crippen LogP) is -8.72. The molecule has 0 spiro atoms. The van der Waals surface area contributed by atoms with E-state index in [2.05, 4.69) is 29.9 Å². The van der Waals surface area contributed by atoms with Crippen molar-refractivity contribution in [1.82, 2.24) is 39.0 Å². The minimum Gasteiger partial charge on any atom is -1.00 e. The first kappa shape index (κ1) is 53.5. The van der Waals surface area contributed by atoms with E-state index in [1.165, 1.54) is 12.8 Å². The van der Waals surface area contributed by atoms with Gasteiger partial charge in [-0.3, -0.25) is 0 Å². The molecule has 0 fully saturated rings. The fraction of sp³-hybridized carbons (Fsp3) is 0.583. The second kappa shape index (κ2) is 32.9. The zero-order valence-electron chi connectivity index (χ0n) is 26.0. The van der Waals surface area contributed by atoms with Crippen LogP contribution >= 0.6 is 0 Å². The van der Waals surface area contributed by atoms with E-state index in [0.717, 1.165) is 25.9 Å². The second-order valence-corrected chi connectivity index (χ2v) is 8.33. The first-order valence-electron chi connectivity index (χ1n) is 13.7. The Morgan fingerprint density at radius 1 is 0.543 bits per heavy atom. The molecule has 0 radical (unpaired) electrons.